The molecule has 0 aliphatic heterocycles. The van der Waals surface area contributed by atoms with Crippen LogP contribution >= 0.6 is 11.6 Å². The maximum absolute atomic E-state index is 12.2. The Balaban J connectivity index is 1.98. The fourth-order valence-corrected chi connectivity index (χ4v) is 3.22. The second kappa shape index (κ2) is 7.79. The van der Waals surface area contributed by atoms with Crippen LogP contribution < -0.4 is 10.0 Å². The molecule has 0 spiro atoms. The van der Waals surface area contributed by atoms with E-state index in [4.69, 9.17) is 11.6 Å². The number of amides is 1. The van der Waals surface area contributed by atoms with Gasteiger partial charge in [-0.1, -0.05) is 43.6 Å². The normalized spacial score (nSPS) is 11.5. The van der Waals surface area contributed by atoms with Crippen molar-refractivity contribution >= 4 is 33.2 Å². The van der Waals surface area contributed by atoms with Gasteiger partial charge in [-0.2, -0.15) is 0 Å². The van der Waals surface area contributed by atoms with Gasteiger partial charge in [-0.25, -0.2) is 13.1 Å². The summed E-state index contributed by atoms with van der Waals surface area (Å²) in [6, 6.07) is 13.2. The lowest BCUT2D eigenvalue weighted by Gasteiger charge is -2.10. The van der Waals surface area contributed by atoms with Gasteiger partial charge >= 0.3 is 0 Å². The summed E-state index contributed by atoms with van der Waals surface area (Å²) in [6.07, 6.45) is 0. The highest BCUT2D eigenvalue weighted by Crippen LogP contribution is 2.17. The van der Waals surface area contributed by atoms with Crippen LogP contribution in [0.15, 0.2) is 53.4 Å². The molecular weight excluding hydrogens is 348 g/mol. The number of hydrogen-bond donors (Lipinski definition) is 2. The van der Waals surface area contributed by atoms with Crippen LogP contribution in [0.3, 0.4) is 0 Å². The molecule has 0 saturated heterocycles. The molecule has 2 aromatic rings. The minimum Gasteiger partial charge on any atom is -0.325 e. The monoisotopic (exact) mass is 366 g/mol. The number of carbonyl (C=O) groups excluding carboxylic acids is 1. The van der Waals surface area contributed by atoms with E-state index >= 15 is 0 Å². The van der Waals surface area contributed by atoms with Crippen molar-refractivity contribution in [1.29, 1.82) is 0 Å². The molecule has 24 heavy (non-hydrogen) atoms. The minimum absolute atomic E-state index is 0.127. The summed E-state index contributed by atoms with van der Waals surface area (Å²) >= 11 is 5.83. The first-order valence-electron chi connectivity index (χ1n) is 7.43. The summed E-state index contributed by atoms with van der Waals surface area (Å²) < 4.78 is 26.7. The van der Waals surface area contributed by atoms with Gasteiger partial charge < -0.3 is 5.32 Å². The molecule has 2 N–H and O–H groups in total. The van der Waals surface area contributed by atoms with Crippen molar-refractivity contribution in [2.24, 2.45) is 0 Å². The second-order valence-electron chi connectivity index (χ2n) is 5.61. The van der Waals surface area contributed by atoms with Crippen molar-refractivity contribution < 1.29 is 13.2 Å². The van der Waals surface area contributed by atoms with Gasteiger partial charge in [0.2, 0.25) is 15.9 Å². The number of anilines is 1. The summed E-state index contributed by atoms with van der Waals surface area (Å²) in [7, 11) is -3.74. The molecule has 0 heterocycles. The Labute approximate surface area is 147 Å². The number of halogens is 1. The van der Waals surface area contributed by atoms with Gasteiger partial charge in [0.05, 0.1) is 11.4 Å². The fraction of sp³-hybridized carbons (Fsp3) is 0.235. The molecule has 2 aromatic carbocycles. The third-order valence-electron chi connectivity index (χ3n) is 3.39. The summed E-state index contributed by atoms with van der Waals surface area (Å²) in [6.45, 7) is 3.70. The van der Waals surface area contributed by atoms with Crippen molar-refractivity contribution in [2.45, 2.75) is 24.7 Å². The van der Waals surface area contributed by atoms with Crippen molar-refractivity contribution in [3.8, 4) is 0 Å². The van der Waals surface area contributed by atoms with Crippen LogP contribution in [0.2, 0.25) is 5.02 Å². The summed E-state index contributed by atoms with van der Waals surface area (Å²) in [5, 5.41) is 3.07. The molecule has 0 aliphatic rings. The molecule has 1 amide bonds. The Morgan fingerprint density at radius 3 is 2.38 bits per heavy atom. The zero-order valence-electron chi connectivity index (χ0n) is 13.4. The molecular formula is C17H19ClN2O3S. The van der Waals surface area contributed by atoms with Crippen LogP contribution in [0, 0.1) is 0 Å². The predicted molar refractivity (Wildman–Crippen MR) is 95.8 cm³/mol. The molecule has 5 nitrogen and oxygen atoms in total. The maximum atomic E-state index is 12.2. The van der Waals surface area contributed by atoms with Crippen LogP contribution in [0.25, 0.3) is 0 Å². The molecule has 0 unspecified atom stereocenters. The lowest BCUT2D eigenvalue weighted by molar-refractivity contribution is -0.115. The Kier molecular flexibility index (Phi) is 5.99. The molecule has 0 saturated carbocycles. The summed E-state index contributed by atoms with van der Waals surface area (Å²) in [5.74, 6) is -0.155. The van der Waals surface area contributed by atoms with Crippen LogP contribution in [0.1, 0.15) is 25.3 Å². The highest BCUT2D eigenvalue weighted by molar-refractivity contribution is 7.89. The molecule has 0 atom stereocenters. The number of benzene rings is 2. The number of rotatable bonds is 6. The number of hydrogen-bond acceptors (Lipinski definition) is 3. The first-order valence-corrected chi connectivity index (χ1v) is 9.29. The molecule has 0 radical (unpaired) electrons. The number of carbonyl (C=O) groups is 1. The standard InChI is InChI=1S/C17H19ClN2O3S/c1-12(2)13-6-8-16(9-7-13)24(22,23)19-11-17(21)20-15-5-3-4-14(18)10-15/h3-10,12,19H,11H2,1-2H3,(H,20,21). The molecule has 0 aliphatic carbocycles. The van der Waals surface area contributed by atoms with E-state index in [-0.39, 0.29) is 11.4 Å². The topological polar surface area (TPSA) is 75.3 Å². The highest BCUT2D eigenvalue weighted by Gasteiger charge is 2.15. The third kappa shape index (κ3) is 5.06. The van der Waals surface area contributed by atoms with E-state index in [1.165, 1.54) is 12.1 Å². The summed E-state index contributed by atoms with van der Waals surface area (Å²) in [4.78, 5) is 12.0. The third-order valence-corrected chi connectivity index (χ3v) is 5.04. The van der Waals surface area contributed by atoms with Gasteiger partial charge in [-0.05, 0) is 41.8 Å². The van der Waals surface area contributed by atoms with E-state index in [2.05, 4.69) is 10.0 Å². The quantitative estimate of drug-likeness (QED) is 0.822. The molecule has 128 valence electrons. The van der Waals surface area contributed by atoms with Gasteiger partial charge in [0, 0.05) is 10.7 Å². The molecule has 2 rings (SSSR count). The van der Waals surface area contributed by atoms with E-state index in [9.17, 15) is 13.2 Å². The Hall–Kier alpha value is -1.89. The van der Waals surface area contributed by atoms with Crippen molar-refractivity contribution in [2.75, 3.05) is 11.9 Å². The van der Waals surface area contributed by atoms with Crippen LogP contribution in [0.4, 0.5) is 5.69 Å². The van der Waals surface area contributed by atoms with Gasteiger partial charge in [0.15, 0.2) is 0 Å². The number of sulfonamides is 1. The average molecular weight is 367 g/mol. The van der Waals surface area contributed by atoms with E-state index in [1.54, 1.807) is 36.4 Å². The zero-order chi connectivity index (χ0) is 17.7. The van der Waals surface area contributed by atoms with E-state index in [0.717, 1.165) is 5.56 Å². The van der Waals surface area contributed by atoms with Crippen LogP contribution in [-0.2, 0) is 14.8 Å². The molecule has 0 bridgehead atoms. The van der Waals surface area contributed by atoms with Crippen molar-refractivity contribution in [3.63, 3.8) is 0 Å². The van der Waals surface area contributed by atoms with Gasteiger partial charge in [0.1, 0.15) is 0 Å². The van der Waals surface area contributed by atoms with Crippen molar-refractivity contribution in [3.05, 3.63) is 59.1 Å². The average Bonchev–Trinajstić information content (AvgIpc) is 2.53. The van der Waals surface area contributed by atoms with Gasteiger partial charge in [-0.15, -0.1) is 0 Å². The Morgan fingerprint density at radius 1 is 1.12 bits per heavy atom. The smallest absolute Gasteiger partial charge is 0.241 e. The van der Waals surface area contributed by atoms with Crippen molar-refractivity contribution in [1.82, 2.24) is 4.72 Å². The maximum Gasteiger partial charge on any atom is 0.241 e. The lowest BCUT2D eigenvalue weighted by atomic mass is 10.0. The fourth-order valence-electron chi connectivity index (χ4n) is 2.05. The number of nitrogens with one attached hydrogen (secondary N) is 2. The highest BCUT2D eigenvalue weighted by atomic mass is 35.5. The molecule has 7 heteroatoms. The van der Waals surface area contributed by atoms with E-state index in [0.29, 0.717) is 16.6 Å². The molecule has 0 fully saturated rings. The van der Waals surface area contributed by atoms with Crippen LogP contribution in [-0.4, -0.2) is 20.9 Å². The lowest BCUT2D eigenvalue weighted by Crippen LogP contribution is -2.32. The second-order valence-corrected chi connectivity index (χ2v) is 7.81. The van der Waals surface area contributed by atoms with Gasteiger partial charge in [0.25, 0.3) is 0 Å². The van der Waals surface area contributed by atoms with E-state index in [1.807, 2.05) is 13.8 Å². The minimum atomic E-state index is -3.74. The van der Waals surface area contributed by atoms with Gasteiger partial charge in [-0.3, -0.25) is 4.79 Å². The summed E-state index contributed by atoms with van der Waals surface area (Å²) in [5.41, 5.74) is 1.56. The SMILES string of the molecule is CC(C)c1ccc(S(=O)(=O)NCC(=O)Nc2cccc(Cl)c2)cc1. The van der Waals surface area contributed by atoms with E-state index < -0.39 is 15.9 Å². The first kappa shape index (κ1) is 18.4. The predicted octanol–water partition coefficient (Wildman–Crippen LogP) is 3.38. The Bertz CT molecular complexity index is 818. The van der Waals surface area contributed by atoms with Crippen LogP contribution in [0.5, 0.6) is 0 Å². The molecule has 0 aromatic heterocycles. The first-order chi connectivity index (χ1) is 11.3. The zero-order valence-corrected chi connectivity index (χ0v) is 15.0. The largest absolute Gasteiger partial charge is 0.325 e. The Morgan fingerprint density at radius 2 is 1.79 bits per heavy atom.